The second-order valence-electron chi connectivity index (χ2n) is 3.53. The van der Waals surface area contributed by atoms with E-state index in [1.165, 1.54) is 0 Å². The standard InChI is InChI=1S/C12H12BrN3/c1-8-7-15-11(6-14)16-12(8)9-3-2-4-10(13)5-9/h2-5,7H,6,14H2,1H3. The number of aromatic nitrogens is 2. The molecule has 3 nitrogen and oxygen atoms in total. The largest absolute Gasteiger partial charge is 0.324 e. The predicted molar refractivity (Wildman–Crippen MR) is 67.8 cm³/mol. The van der Waals surface area contributed by atoms with Crippen LogP contribution in [0, 0.1) is 6.92 Å². The summed E-state index contributed by atoms with van der Waals surface area (Å²) in [5.74, 6) is 0.667. The van der Waals surface area contributed by atoms with Gasteiger partial charge in [0, 0.05) is 16.2 Å². The zero-order valence-corrected chi connectivity index (χ0v) is 10.5. The maximum absolute atomic E-state index is 5.54. The molecule has 0 saturated carbocycles. The Kier molecular flexibility index (Phi) is 3.31. The summed E-state index contributed by atoms with van der Waals surface area (Å²) >= 11 is 3.45. The molecule has 0 saturated heterocycles. The van der Waals surface area contributed by atoms with Gasteiger partial charge in [0.25, 0.3) is 0 Å². The quantitative estimate of drug-likeness (QED) is 0.918. The second-order valence-corrected chi connectivity index (χ2v) is 4.45. The highest BCUT2D eigenvalue weighted by molar-refractivity contribution is 9.10. The van der Waals surface area contributed by atoms with Crippen molar-refractivity contribution in [3.05, 3.63) is 46.3 Å². The average Bonchev–Trinajstić information content (AvgIpc) is 2.30. The van der Waals surface area contributed by atoms with E-state index in [1.54, 1.807) is 0 Å². The van der Waals surface area contributed by atoms with Crippen molar-refractivity contribution in [2.24, 2.45) is 5.73 Å². The van der Waals surface area contributed by atoms with Crippen LogP contribution in [0.25, 0.3) is 11.3 Å². The minimum Gasteiger partial charge on any atom is -0.324 e. The molecular formula is C12H12BrN3. The van der Waals surface area contributed by atoms with E-state index in [-0.39, 0.29) is 0 Å². The third kappa shape index (κ3) is 2.28. The molecule has 1 aromatic carbocycles. The Bertz CT molecular complexity index is 511. The molecule has 0 bridgehead atoms. The Labute approximate surface area is 103 Å². The molecular weight excluding hydrogens is 266 g/mol. The van der Waals surface area contributed by atoms with E-state index in [4.69, 9.17) is 5.73 Å². The number of hydrogen-bond acceptors (Lipinski definition) is 3. The molecule has 0 aliphatic rings. The van der Waals surface area contributed by atoms with Crippen LogP contribution in [0.1, 0.15) is 11.4 Å². The third-order valence-electron chi connectivity index (χ3n) is 2.30. The molecule has 0 unspecified atom stereocenters. The number of hydrogen-bond donors (Lipinski definition) is 1. The SMILES string of the molecule is Cc1cnc(CN)nc1-c1cccc(Br)c1. The van der Waals surface area contributed by atoms with Gasteiger partial charge < -0.3 is 5.73 Å². The summed E-state index contributed by atoms with van der Waals surface area (Å²) in [5.41, 5.74) is 8.61. The molecule has 0 fully saturated rings. The number of halogens is 1. The molecule has 82 valence electrons. The van der Waals surface area contributed by atoms with Crippen LogP contribution < -0.4 is 5.73 Å². The van der Waals surface area contributed by atoms with Crippen LogP contribution in [0.3, 0.4) is 0 Å². The first-order valence-electron chi connectivity index (χ1n) is 4.99. The summed E-state index contributed by atoms with van der Waals surface area (Å²) in [6.07, 6.45) is 1.81. The van der Waals surface area contributed by atoms with E-state index in [0.717, 1.165) is 21.3 Å². The van der Waals surface area contributed by atoms with E-state index in [0.29, 0.717) is 12.4 Å². The third-order valence-corrected chi connectivity index (χ3v) is 2.80. The molecule has 0 atom stereocenters. The molecule has 2 aromatic rings. The van der Waals surface area contributed by atoms with Gasteiger partial charge in [-0.1, -0.05) is 28.1 Å². The van der Waals surface area contributed by atoms with Crippen LogP contribution in [0.5, 0.6) is 0 Å². The van der Waals surface area contributed by atoms with Gasteiger partial charge in [0.1, 0.15) is 5.82 Å². The summed E-state index contributed by atoms with van der Waals surface area (Å²) < 4.78 is 1.04. The topological polar surface area (TPSA) is 51.8 Å². The summed E-state index contributed by atoms with van der Waals surface area (Å²) in [6, 6.07) is 8.04. The highest BCUT2D eigenvalue weighted by atomic mass is 79.9. The van der Waals surface area contributed by atoms with Crippen LogP contribution in [0.15, 0.2) is 34.9 Å². The Morgan fingerprint density at radius 3 is 2.88 bits per heavy atom. The summed E-state index contributed by atoms with van der Waals surface area (Å²) in [6.45, 7) is 2.36. The molecule has 2 N–H and O–H groups in total. The smallest absolute Gasteiger partial charge is 0.142 e. The summed E-state index contributed by atoms with van der Waals surface area (Å²) in [7, 11) is 0. The molecule has 16 heavy (non-hydrogen) atoms. The first kappa shape index (κ1) is 11.2. The Morgan fingerprint density at radius 1 is 1.38 bits per heavy atom. The van der Waals surface area contributed by atoms with Crippen LogP contribution >= 0.6 is 15.9 Å². The highest BCUT2D eigenvalue weighted by Crippen LogP contribution is 2.23. The lowest BCUT2D eigenvalue weighted by atomic mass is 10.1. The Morgan fingerprint density at radius 2 is 2.19 bits per heavy atom. The van der Waals surface area contributed by atoms with Gasteiger partial charge in [0.15, 0.2) is 0 Å². The number of nitrogens with zero attached hydrogens (tertiary/aromatic N) is 2. The van der Waals surface area contributed by atoms with Gasteiger partial charge in [-0.2, -0.15) is 0 Å². The second kappa shape index (κ2) is 4.72. The van der Waals surface area contributed by atoms with Crippen molar-refractivity contribution < 1.29 is 0 Å². The molecule has 1 heterocycles. The van der Waals surface area contributed by atoms with Crippen molar-refractivity contribution in [3.63, 3.8) is 0 Å². The van der Waals surface area contributed by atoms with Crippen LogP contribution in [0.2, 0.25) is 0 Å². The maximum Gasteiger partial charge on any atom is 0.142 e. The van der Waals surface area contributed by atoms with E-state index < -0.39 is 0 Å². The van der Waals surface area contributed by atoms with Crippen LogP contribution in [0.4, 0.5) is 0 Å². The van der Waals surface area contributed by atoms with Gasteiger partial charge in [0.2, 0.25) is 0 Å². The average molecular weight is 278 g/mol. The van der Waals surface area contributed by atoms with Crippen LogP contribution in [-0.2, 0) is 6.54 Å². The number of rotatable bonds is 2. The molecule has 2 rings (SSSR count). The van der Waals surface area contributed by atoms with Crippen molar-refractivity contribution >= 4 is 15.9 Å². The zero-order valence-electron chi connectivity index (χ0n) is 8.94. The lowest BCUT2D eigenvalue weighted by molar-refractivity contribution is 0.904. The zero-order chi connectivity index (χ0) is 11.5. The first-order chi connectivity index (χ1) is 7.70. The van der Waals surface area contributed by atoms with Crippen molar-refractivity contribution in [1.82, 2.24) is 9.97 Å². The lowest BCUT2D eigenvalue weighted by Gasteiger charge is -2.06. The van der Waals surface area contributed by atoms with Gasteiger partial charge >= 0.3 is 0 Å². The molecule has 0 aliphatic carbocycles. The molecule has 0 spiro atoms. The molecule has 0 amide bonds. The van der Waals surface area contributed by atoms with E-state index in [1.807, 2.05) is 37.4 Å². The molecule has 4 heteroatoms. The Hall–Kier alpha value is -1.26. The van der Waals surface area contributed by atoms with Gasteiger partial charge in [0.05, 0.1) is 12.2 Å². The molecule has 0 aliphatic heterocycles. The molecule has 1 aromatic heterocycles. The number of benzene rings is 1. The van der Waals surface area contributed by atoms with E-state index in [2.05, 4.69) is 25.9 Å². The van der Waals surface area contributed by atoms with Gasteiger partial charge in [-0.25, -0.2) is 9.97 Å². The summed E-state index contributed by atoms with van der Waals surface area (Å²) in [5, 5.41) is 0. The van der Waals surface area contributed by atoms with Crippen molar-refractivity contribution in [3.8, 4) is 11.3 Å². The van der Waals surface area contributed by atoms with Crippen molar-refractivity contribution in [1.29, 1.82) is 0 Å². The lowest BCUT2D eigenvalue weighted by Crippen LogP contribution is -2.04. The van der Waals surface area contributed by atoms with E-state index >= 15 is 0 Å². The fraction of sp³-hybridized carbons (Fsp3) is 0.167. The fourth-order valence-electron chi connectivity index (χ4n) is 1.50. The molecule has 0 radical (unpaired) electrons. The van der Waals surface area contributed by atoms with Gasteiger partial charge in [-0.15, -0.1) is 0 Å². The number of nitrogens with two attached hydrogens (primary N) is 1. The fourth-order valence-corrected chi connectivity index (χ4v) is 1.90. The van der Waals surface area contributed by atoms with Crippen LogP contribution in [-0.4, -0.2) is 9.97 Å². The first-order valence-corrected chi connectivity index (χ1v) is 5.78. The highest BCUT2D eigenvalue weighted by Gasteiger charge is 2.05. The number of aryl methyl sites for hydroxylation is 1. The van der Waals surface area contributed by atoms with Gasteiger partial charge in [-0.3, -0.25) is 0 Å². The van der Waals surface area contributed by atoms with Crippen molar-refractivity contribution in [2.75, 3.05) is 0 Å². The normalized spacial score (nSPS) is 10.4. The van der Waals surface area contributed by atoms with E-state index in [9.17, 15) is 0 Å². The minimum atomic E-state index is 0.362. The summed E-state index contributed by atoms with van der Waals surface area (Å²) in [4.78, 5) is 8.60. The van der Waals surface area contributed by atoms with Gasteiger partial charge in [-0.05, 0) is 24.6 Å². The van der Waals surface area contributed by atoms with Crippen molar-refractivity contribution in [2.45, 2.75) is 13.5 Å². The Balaban J connectivity index is 2.54. The monoisotopic (exact) mass is 277 g/mol. The maximum atomic E-state index is 5.54. The predicted octanol–water partition coefficient (Wildman–Crippen LogP) is 2.67. The minimum absolute atomic E-state index is 0.362.